The van der Waals surface area contributed by atoms with Crippen LogP contribution in [0.1, 0.15) is 34.1 Å². The number of nitrogens with one attached hydrogen (secondary N) is 1. The molecule has 7 heteroatoms. The summed E-state index contributed by atoms with van der Waals surface area (Å²) in [5, 5.41) is 3.28. The summed E-state index contributed by atoms with van der Waals surface area (Å²) in [5.74, 6) is 1.15. The third kappa shape index (κ3) is 5.53. The van der Waals surface area contributed by atoms with Gasteiger partial charge in [-0.3, -0.25) is 4.79 Å². The van der Waals surface area contributed by atoms with E-state index in [9.17, 15) is 4.79 Å². The molecule has 1 N–H and O–H groups in total. The van der Waals surface area contributed by atoms with Gasteiger partial charge < -0.3 is 9.74 Å². The molecule has 0 aromatic rings. The standard InChI is InChI=1S/C14H27NO2S3Si/c1-7-19-13(18)20-12-10(11(16)15-12)8-9-17-21(5,6)14(2,3)4/h10,12H,7-9H2,1-6H3,(H,15,16). The van der Waals surface area contributed by atoms with Gasteiger partial charge in [-0.15, -0.1) is 11.8 Å². The summed E-state index contributed by atoms with van der Waals surface area (Å²) in [6, 6.07) is 0. The summed E-state index contributed by atoms with van der Waals surface area (Å²) >= 11 is 8.56. The SMILES string of the molecule is CCSC(=S)SC1NC(=O)C1CCO[Si](C)(C)C(C)(C)C. The molecule has 2 atom stereocenters. The maximum absolute atomic E-state index is 11.7. The van der Waals surface area contributed by atoms with Crippen molar-refractivity contribution in [2.45, 2.75) is 57.6 Å². The molecular weight excluding hydrogens is 338 g/mol. The van der Waals surface area contributed by atoms with Crippen molar-refractivity contribution in [3.63, 3.8) is 0 Å². The van der Waals surface area contributed by atoms with Gasteiger partial charge in [0.1, 0.15) is 3.53 Å². The van der Waals surface area contributed by atoms with E-state index >= 15 is 0 Å². The quantitative estimate of drug-likeness (QED) is 0.433. The van der Waals surface area contributed by atoms with E-state index in [1.54, 1.807) is 23.5 Å². The minimum absolute atomic E-state index is 0.0372. The Morgan fingerprint density at radius 3 is 2.52 bits per heavy atom. The minimum Gasteiger partial charge on any atom is -0.417 e. The van der Waals surface area contributed by atoms with E-state index in [-0.39, 0.29) is 22.2 Å². The molecule has 0 saturated carbocycles. The molecule has 1 saturated heterocycles. The zero-order valence-electron chi connectivity index (χ0n) is 13.8. The zero-order valence-corrected chi connectivity index (χ0v) is 17.3. The largest absolute Gasteiger partial charge is 0.417 e. The van der Waals surface area contributed by atoms with Gasteiger partial charge in [0, 0.05) is 6.61 Å². The summed E-state index contributed by atoms with van der Waals surface area (Å²) in [4.78, 5) is 11.7. The lowest BCUT2D eigenvalue weighted by molar-refractivity contribution is -0.132. The lowest BCUT2D eigenvalue weighted by atomic mass is 9.98. The van der Waals surface area contributed by atoms with Crippen molar-refractivity contribution in [1.29, 1.82) is 0 Å². The maximum Gasteiger partial charge on any atom is 0.227 e. The first kappa shape index (κ1) is 19.5. The van der Waals surface area contributed by atoms with Crippen molar-refractivity contribution >= 4 is 53.5 Å². The number of rotatable bonds is 6. The summed E-state index contributed by atoms with van der Waals surface area (Å²) in [5.41, 5.74) is 0. The van der Waals surface area contributed by atoms with E-state index in [4.69, 9.17) is 16.6 Å². The molecule has 0 radical (unpaired) electrons. The van der Waals surface area contributed by atoms with E-state index in [1.807, 2.05) is 0 Å². The highest BCUT2D eigenvalue weighted by Gasteiger charge is 2.41. The average Bonchev–Trinajstić information content (AvgIpc) is 2.33. The number of hydrogen-bond donors (Lipinski definition) is 1. The van der Waals surface area contributed by atoms with Gasteiger partial charge in [-0.1, -0.05) is 51.7 Å². The van der Waals surface area contributed by atoms with E-state index in [2.05, 4.69) is 46.1 Å². The summed E-state index contributed by atoms with van der Waals surface area (Å²) < 4.78 is 7.08. The molecule has 0 aliphatic carbocycles. The van der Waals surface area contributed by atoms with Crippen LogP contribution in [0.4, 0.5) is 0 Å². The predicted molar refractivity (Wildman–Crippen MR) is 102 cm³/mol. The van der Waals surface area contributed by atoms with Crippen LogP contribution in [0, 0.1) is 5.92 Å². The van der Waals surface area contributed by atoms with Gasteiger partial charge >= 0.3 is 0 Å². The molecule has 1 heterocycles. The Morgan fingerprint density at radius 2 is 2.05 bits per heavy atom. The van der Waals surface area contributed by atoms with E-state index < -0.39 is 8.32 Å². The molecule has 0 bridgehead atoms. The highest BCUT2D eigenvalue weighted by atomic mass is 32.2. The zero-order chi connectivity index (χ0) is 16.3. The normalized spacial score (nSPS) is 22.7. The molecule has 0 aromatic heterocycles. The van der Waals surface area contributed by atoms with Gasteiger partial charge in [0.05, 0.1) is 11.3 Å². The van der Waals surface area contributed by atoms with Crippen molar-refractivity contribution in [2.75, 3.05) is 12.4 Å². The number of carbonyl (C=O) groups is 1. The fourth-order valence-corrected chi connectivity index (χ4v) is 5.40. The number of thioether (sulfide) groups is 2. The van der Waals surface area contributed by atoms with Crippen molar-refractivity contribution in [3.05, 3.63) is 0 Å². The second kappa shape index (κ2) is 7.81. The maximum atomic E-state index is 11.7. The average molecular weight is 366 g/mol. The molecule has 1 aliphatic rings. The van der Waals surface area contributed by atoms with Crippen LogP contribution in [-0.4, -0.2) is 35.5 Å². The Bertz CT molecular complexity index is 396. The van der Waals surface area contributed by atoms with Crippen LogP contribution >= 0.6 is 35.7 Å². The Balaban J connectivity index is 2.40. The van der Waals surface area contributed by atoms with Crippen molar-refractivity contribution in [3.8, 4) is 0 Å². The molecule has 1 rings (SSSR count). The highest BCUT2D eigenvalue weighted by molar-refractivity contribution is 8.47. The Hall–Kier alpha value is 0.437. The van der Waals surface area contributed by atoms with E-state index in [1.165, 1.54) is 0 Å². The van der Waals surface area contributed by atoms with Crippen LogP contribution in [0.25, 0.3) is 0 Å². The van der Waals surface area contributed by atoms with Gasteiger partial charge in [-0.2, -0.15) is 0 Å². The monoisotopic (exact) mass is 365 g/mol. The second-order valence-electron chi connectivity index (χ2n) is 6.73. The Kier molecular flexibility index (Phi) is 7.25. The molecule has 1 amide bonds. The molecule has 2 unspecified atom stereocenters. The van der Waals surface area contributed by atoms with Gasteiger partial charge in [0.15, 0.2) is 8.32 Å². The third-order valence-electron chi connectivity index (χ3n) is 4.17. The fourth-order valence-electron chi connectivity index (χ4n) is 1.70. The topological polar surface area (TPSA) is 38.3 Å². The molecular formula is C14H27NO2S3Si. The summed E-state index contributed by atoms with van der Waals surface area (Å²) in [7, 11) is -1.72. The lowest BCUT2D eigenvalue weighted by Gasteiger charge is -2.39. The summed E-state index contributed by atoms with van der Waals surface area (Å²) in [6.07, 6.45) is 0.787. The van der Waals surface area contributed by atoms with E-state index in [0.29, 0.717) is 6.61 Å². The third-order valence-corrected chi connectivity index (χ3v) is 11.4. The molecule has 0 spiro atoms. The molecule has 0 aromatic carbocycles. The number of hydrogen-bond acceptors (Lipinski definition) is 5. The Morgan fingerprint density at radius 1 is 1.43 bits per heavy atom. The lowest BCUT2D eigenvalue weighted by Crippen LogP contribution is -2.57. The van der Waals surface area contributed by atoms with Gasteiger partial charge in [0.25, 0.3) is 0 Å². The van der Waals surface area contributed by atoms with Crippen LogP contribution in [0.2, 0.25) is 18.1 Å². The fraction of sp³-hybridized carbons (Fsp3) is 0.857. The molecule has 3 nitrogen and oxygen atoms in total. The number of β-lactam (4-membered cyclic amide) rings is 1. The molecule has 122 valence electrons. The van der Waals surface area contributed by atoms with Gasteiger partial charge in [-0.25, -0.2) is 0 Å². The van der Waals surface area contributed by atoms with Crippen molar-refractivity contribution in [1.82, 2.24) is 5.32 Å². The van der Waals surface area contributed by atoms with Crippen molar-refractivity contribution in [2.24, 2.45) is 5.92 Å². The first-order chi connectivity index (χ1) is 9.58. The van der Waals surface area contributed by atoms with Crippen molar-refractivity contribution < 1.29 is 9.22 Å². The second-order valence-corrected chi connectivity index (χ2v) is 15.2. The van der Waals surface area contributed by atoms with Gasteiger partial charge in [-0.05, 0) is 30.3 Å². The first-order valence-corrected chi connectivity index (χ1v) is 12.5. The Labute approximate surface area is 143 Å². The first-order valence-electron chi connectivity index (χ1n) is 7.36. The van der Waals surface area contributed by atoms with Crippen LogP contribution in [0.15, 0.2) is 0 Å². The number of amides is 1. The van der Waals surface area contributed by atoms with Crippen LogP contribution in [0.5, 0.6) is 0 Å². The van der Waals surface area contributed by atoms with Crippen LogP contribution in [0.3, 0.4) is 0 Å². The summed E-state index contributed by atoms with van der Waals surface area (Å²) in [6.45, 7) is 13.9. The highest BCUT2D eigenvalue weighted by Crippen LogP contribution is 2.37. The smallest absolute Gasteiger partial charge is 0.227 e. The van der Waals surface area contributed by atoms with Gasteiger partial charge in [0.2, 0.25) is 5.91 Å². The van der Waals surface area contributed by atoms with E-state index in [0.717, 1.165) is 15.7 Å². The minimum atomic E-state index is -1.72. The number of carbonyl (C=O) groups excluding carboxylic acids is 1. The number of thiocarbonyl (C=S) groups is 1. The van der Waals surface area contributed by atoms with Crippen LogP contribution < -0.4 is 5.32 Å². The molecule has 21 heavy (non-hydrogen) atoms. The van der Waals surface area contributed by atoms with Crippen LogP contribution in [-0.2, 0) is 9.22 Å². The molecule has 1 aliphatic heterocycles. The molecule has 1 fully saturated rings. The predicted octanol–water partition coefficient (Wildman–Crippen LogP) is 4.24.